The normalized spacial score (nSPS) is 9.33. The second kappa shape index (κ2) is 4.93. The Morgan fingerprint density at radius 3 is 2.87 bits per heavy atom. The van der Waals surface area contributed by atoms with E-state index in [4.69, 9.17) is 10.4 Å². The SMILES string of the molecule is N#Cc1ccc(NCCO)cc1[N+](=O)[O-]. The van der Waals surface area contributed by atoms with Crippen LogP contribution < -0.4 is 5.32 Å². The van der Waals surface area contributed by atoms with Crippen molar-refractivity contribution < 1.29 is 10.0 Å². The summed E-state index contributed by atoms with van der Waals surface area (Å²) < 4.78 is 0. The Morgan fingerprint density at radius 2 is 2.33 bits per heavy atom. The lowest BCUT2D eigenvalue weighted by molar-refractivity contribution is -0.385. The summed E-state index contributed by atoms with van der Waals surface area (Å²) in [5, 5.41) is 30.5. The molecule has 0 saturated heterocycles. The number of hydrogen-bond donors (Lipinski definition) is 2. The van der Waals surface area contributed by atoms with Crippen molar-refractivity contribution in [3.8, 4) is 6.07 Å². The number of nitro groups is 1. The molecule has 0 fully saturated rings. The number of benzene rings is 1. The minimum atomic E-state index is -0.608. The lowest BCUT2D eigenvalue weighted by Crippen LogP contribution is -2.05. The van der Waals surface area contributed by atoms with Gasteiger partial charge in [0.25, 0.3) is 5.69 Å². The highest BCUT2D eigenvalue weighted by atomic mass is 16.6. The molecule has 0 aliphatic heterocycles. The first-order valence-corrected chi connectivity index (χ1v) is 4.22. The highest BCUT2D eigenvalue weighted by Crippen LogP contribution is 2.22. The number of aliphatic hydroxyl groups is 1. The van der Waals surface area contributed by atoms with Crippen LogP contribution in [0, 0.1) is 21.4 Å². The van der Waals surface area contributed by atoms with Crippen LogP contribution >= 0.6 is 0 Å². The number of rotatable bonds is 4. The zero-order valence-electron chi connectivity index (χ0n) is 7.80. The van der Waals surface area contributed by atoms with E-state index in [0.29, 0.717) is 12.2 Å². The smallest absolute Gasteiger partial charge is 0.289 e. The maximum absolute atomic E-state index is 10.6. The van der Waals surface area contributed by atoms with Crippen LogP contribution in [0.25, 0.3) is 0 Å². The van der Waals surface area contributed by atoms with Gasteiger partial charge in [0.15, 0.2) is 0 Å². The van der Waals surface area contributed by atoms with Crippen molar-refractivity contribution in [3.05, 3.63) is 33.9 Å². The molecule has 6 nitrogen and oxygen atoms in total. The minimum absolute atomic E-state index is 0.0227. The lowest BCUT2D eigenvalue weighted by atomic mass is 10.2. The largest absolute Gasteiger partial charge is 0.395 e. The standard InChI is InChI=1S/C9H9N3O3/c10-6-7-1-2-8(11-3-4-13)5-9(7)12(14)15/h1-2,5,11,13H,3-4H2. The lowest BCUT2D eigenvalue weighted by Gasteiger charge is -2.03. The summed E-state index contributed by atoms with van der Waals surface area (Å²) in [4.78, 5) is 9.98. The fourth-order valence-electron chi connectivity index (χ4n) is 1.09. The van der Waals surface area contributed by atoms with Gasteiger partial charge >= 0.3 is 0 Å². The van der Waals surface area contributed by atoms with Crippen LogP contribution in [-0.4, -0.2) is 23.2 Å². The fraction of sp³-hybridized carbons (Fsp3) is 0.222. The van der Waals surface area contributed by atoms with Gasteiger partial charge in [0.1, 0.15) is 11.6 Å². The van der Waals surface area contributed by atoms with Gasteiger partial charge in [-0.2, -0.15) is 5.26 Å². The second-order valence-electron chi connectivity index (χ2n) is 2.75. The molecule has 0 radical (unpaired) electrons. The molecule has 0 atom stereocenters. The fourth-order valence-corrected chi connectivity index (χ4v) is 1.09. The van der Waals surface area contributed by atoms with Crippen LogP contribution in [0.5, 0.6) is 0 Å². The number of nitriles is 1. The maximum Gasteiger partial charge on any atom is 0.289 e. The third-order valence-electron chi connectivity index (χ3n) is 1.76. The Kier molecular flexibility index (Phi) is 3.60. The van der Waals surface area contributed by atoms with E-state index < -0.39 is 4.92 Å². The number of nitrogens with zero attached hydrogens (tertiary/aromatic N) is 2. The maximum atomic E-state index is 10.6. The molecule has 0 heterocycles. The van der Waals surface area contributed by atoms with Gasteiger partial charge in [0.05, 0.1) is 11.5 Å². The molecular formula is C9H9N3O3. The monoisotopic (exact) mass is 207 g/mol. The molecule has 0 bridgehead atoms. The molecule has 1 aromatic rings. The Morgan fingerprint density at radius 1 is 1.60 bits per heavy atom. The molecule has 78 valence electrons. The van der Waals surface area contributed by atoms with Gasteiger partial charge in [-0.1, -0.05) is 0 Å². The van der Waals surface area contributed by atoms with Crippen LogP contribution in [-0.2, 0) is 0 Å². The first-order valence-electron chi connectivity index (χ1n) is 4.22. The molecule has 6 heteroatoms. The van der Waals surface area contributed by atoms with Gasteiger partial charge in [0, 0.05) is 18.3 Å². The first-order chi connectivity index (χ1) is 7.19. The van der Waals surface area contributed by atoms with Crippen LogP contribution in [0.3, 0.4) is 0 Å². The minimum Gasteiger partial charge on any atom is -0.395 e. The predicted octanol–water partition coefficient (Wildman–Crippen LogP) is 0.871. The summed E-state index contributed by atoms with van der Waals surface area (Å²) in [6.45, 7) is 0.247. The van der Waals surface area contributed by atoms with Crippen molar-refractivity contribution in [1.82, 2.24) is 0 Å². The Bertz CT molecular complexity index is 412. The van der Waals surface area contributed by atoms with Gasteiger partial charge in [-0.25, -0.2) is 0 Å². The van der Waals surface area contributed by atoms with Crippen molar-refractivity contribution >= 4 is 11.4 Å². The predicted molar refractivity (Wildman–Crippen MR) is 53.4 cm³/mol. The zero-order valence-corrected chi connectivity index (χ0v) is 7.80. The Hall–Kier alpha value is -2.13. The summed E-state index contributed by atoms with van der Waals surface area (Å²) in [7, 11) is 0. The number of aliphatic hydroxyl groups excluding tert-OH is 1. The van der Waals surface area contributed by atoms with E-state index in [1.807, 2.05) is 0 Å². The molecule has 2 N–H and O–H groups in total. The average molecular weight is 207 g/mol. The number of nitrogens with one attached hydrogen (secondary N) is 1. The van der Waals surface area contributed by atoms with E-state index in [1.165, 1.54) is 12.1 Å². The summed E-state index contributed by atoms with van der Waals surface area (Å²) in [6, 6.07) is 5.94. The molecule has 0 spiro atoms. The van der Waals surface area contributed by atoms with Crippen LogP contribution in [0.1, 0.15) is 5.56 Å². The van der Waals surface area contributed by atoms with E-state index in [9.17, 15) is 10.1 Å². The molecule has 15 heavy (non-hydrogen) atoms. The average Bonchev–Trinajstić information content (AvgIpc) is 2.25. The van der Waals surface area contributed by atoms with Crippen molar-refractivity contribution in [1.29, 1.82) is 5.26 Å². The van der Waals surface area contributed by atoms with E-state index in [2.05, 4.69) is 5.32 Å². The molecule has 0 aliphatic rings. The molecule has 1 rings (SSSR count). The van der Waals surface area contributed by atoms with E-state index in [-0.39, 0.29) is 17.9 Å². The number of hydrogen-bond acceptors (Lipinski definition) is 5. The molecule has 1 aromatic carbocycles. The summed E-state index contributed by atoms with van der Waals surface area (Å²) in [5.41, 5.74) is 0.296. The van der Waals surface area contributed by atoms with Gasteiger partial charge in [-0.15, -0.1) is 0 Å². The number of anilines is 1. The van der Waals surface area contributed by atoms with Crippen molar-refractivity contribution in [2.75, 3.05) is 18.5 Å². The van der Waals surface area contributed by atoms with Crippen LogP contribution in [0.15, 0.2) is 18.2 Å². The number of nitro benzene ring substituents is 1. The quantitative estimate of drug-likeness (QED) is 0.563. The zero-order chi connectivity index (χ0) is 11.3. The summed E-state index contributed by atoms with van der Waals surface area (Å²) in [6.07, 6.45) is 0. The van der Waals surface area contributed by atoms with Gasteiger partial charge < -0.3 is 10.4 Å². The third-order valence-corrected chi connectivity index (χ3v) is 1.76. The molecule has 0 saturated carbocycles. The third kappa shape index (κ3) is 2.65. The Balaban J connectivity index is 3.01. The molecule has 0 aliphatic carbocycles. The van der Waals surface area contributed by atoms with Crippen molar-refractivity contribution in [3.63, 3.8) is 0 Å². The van der Waals surface area contributed by atoms with Crippen molar-refractivity contribution in [2.45, 2.75) is 0 Å². The molecule has 0 aromatic heterocycles. The van der Waals surface area contributed by atoms with Crippen molar-refractivity contribution in [2.24, 2.45) is 0 Å². The van der Waals surface area contributed by atoms with Gasteiger partial charge in [-0.3, -0.25) is 10.1 Å². The van der Waals surface area contributed by atoms with Gasteiger partial charge in [-0.05, 0) is 12.1 Å². The van der Waals surface area contributed by atoms with E-state index in [1.54, 1.807) is 12.1 Å². The summed E-state index contributed by atoms with van der Waals surface area (Å²) >= 11 is 0. The highest BCUT2D eigenvalue weighted by molar-refractivity contribution is 5.59. The molecule has 0 amide bonds. The Labute approximate surface area is 85.9 Å². The second-order valence-corrected chi connectivity index (χ2v) is 2.75. The van der Waals surface area contributed by atoms with Crippen LogP contribution in [0.2, 0.25) is 0 Å². The first kappa shape index (κ1) is 10.9. The summed E-state index contributed by atoms with van der Waals surface area (Å²) in [5.74, 6) is 0. The van der Waals surface area contributed by atoms with Crippen LogP contribution in [0.4, 0.5) is 11.4 Å². The van der Waals surface area contributed by atoms with E-state index in [0.717, 1.165) is 0 Å². The molecule has 0 unspecified atom stereocenters. The topological polar surface area (TPSA) is 99.2 Å². The van der Waals surface area contributed by atoms with E-state index >= 15 is 0 Å². The van der Waals surface area contributed by atoms with Gasteiger partial charge in [0.2, 0.25) is 0 Å². The highest BCUT2D eigenvalue weighted by Gasteiger charge is 2.13. The molecular weight excluding hydrogens is 198 g/mol.